The number of benzene rings is 2. The van der Waals surface area contributed by atoms with Crippen LogP contribution < -0.4 is 10.6 Å². The van der Waals surface area contributed by atoms with E-state index < -0.39 is 29.3 Å². The molecule has 23 heavy (non-hydrogen) atoms. The van der Waals surface area contributed by atoms with Gasteiger partial charge < -0.3 is 10.6 Å². The van der Waals surface area contributed by atoms with Crippen molar-refractivity contribution in [2.45, 2.75) is 6.18 Å². The lowest BCUT2D eigenvalue weighted by atomic mass is 10.2. The lowest BCUT2D eigenvalue weighted by Crippen LogP contribution is -2.22. The van der Waals surface area contributed by atoms with Crippen LogP contribution >= 0.6 is 0 Å². The molecular weight excluding hydrogens is 319 g/mol. The molecule has 0 aliphatic carbocycles. The minimum absolute atomic E-state index is 0.285. The van der Waals surface area contributed by atoms with Gasteiger partial charge in [-0.15, -0.1) is 0 Å². The fourth-order valence-electron chi connectivity index (χ4n) is 1.75. The monoisotopic (exact) mass is 330 g/mol. The van der Waals surface area contributed by atoms with Gasteiger partial charge in [-0.25, -0.2) is 8.78 Å². The number of carbonyl (C=O) groups is 1. The molecule has 0 saturated carbocycles. The molecule has 0 bridgehead atoms. The number of hydrogen-bond acceptors (Lipinski definition) is 2. The largest absolute Gasteiger partial charge is 0.416 e. The first-order chi connectivity index (χ1) is 10.8. The van der Waals surface area contributed by atoms with Crippen LogP contribution in [-0.2, 0) is 11.0 Å². The summed E-state index contributed by atoms with van der Waals surface area (Å²) in [6.07, 6.45) is -4.44. The average molecular weight is 330 g/mol. The van der Waals surface area contributed by atoms with Crippen LogP contribution in [-0.4, -0.2) is 12.5 Å². The Morgan fingerprint density at radius 3 is 2.26 bits per heavy atom. The molecule has 0 unspecified atom stereocenters. The third-order valence-electron chi connectivity index (χ3n) is 2.87. The quantitative estimate of drug-likeness (QED) is 0.831. The Hall–Kier alpha value is -2.64. The molecule has 0 aromatic heterocycles. The van der Waals surface area contributed by atoms with Crippen molar-refractivity contribution in [3.63, 3.8) is 0 Å². The highest BCUT2D eigenvalue weighted by atomic mass is 19.4. The first-order valence-corrected chi connectivity index (χ1v) is 6.42. The first-order valence-electron chi connectivity index (χ1n) is 6.42. The van der Waals surface area contributed by atoms with Gasteiger partial charge in [-0.2, -0.15) is 13.2 Å². The normalized spacial score (nSPS) is 11.2. The van der Waals surface area contributed by atoms with E-state index in [2.05, 4.69) is 10.6 Å². The predicted molar refractivity (Wildman–Crippen MR) is 74.9 cm³/mol. The molecule has 2 aromatic carbocycles. The molecule has 8 heteroatoms. The van der Waals surface area contributed by atoms with Gasteiger partial charge in [0.15, 0.2) is 0 Å². The van der Waals surface area contributed by atoms with Crippen LogP contribution in [0.3, 0.4) is 0 Å². The maximum absolute atomic E-state index is 13.3. The number of rotatable bonds is 4. The molecule has 2 aromatic rings. The molecule has 2 N–H and O–H groups in total. The van der Waals surface area contributed by atoms with Gasteiger partial charge in [0, 0.05) is 11.8 Å². The molecule has 0 heterocycles. The van der Waals surface area contributed by atoms with Crippen molar-refractivity contribution in [1.82, 2.24) is 0 Å². The Labute approximate surface area is 128 Å². The second kappa shape index (κ2) is 6.64. The van der Waals surface area contributed by atoms with Crippen LogP contribution in [0.5, 0.6) is 0 Å². The number of alkyl halides is 3. The zero-order valence-electron chi connectivity index (χ0n) is 11.5. The van der Waals surface area contributed by atoms with Gasteiger partial charge in [0.1, 0.15) is 11.6 Å². The van der Waals surface area contributed by atoms with Crippen LogP contribution in [0, 0.1) is 11.6 Å². The summed E-state index contributed by atoms with van der Waals surface area (Å²) in [6, 6.07) is 6.67. The van der Waals surface area contributed by atoms with Crippen LogP contribution in [0.1, 0.15) is 5.56 Å². The fourth-order valence-corrected chi connectivity index (χ4v) is 1.75. The molecule has 0 atom stereocenters. The van der Waals surface area contributed by atoms with Crippen molar-refractivity contribution in [2.75, 3.05) is 17.2 Å². The maximum Gasteiger partial charge on any atom is 0.416 e. The van der Waals surface area contributed by atoms with Crippen molar-refractivity contribution < 1.29 is 26.7 Å². The summed E-state index contributed by atoms with van der Waals surface area (Å²) in [6.45, 7) is -0.318. The van der Waals surface area contributed by atoms with Gasteiger partial charge in [0.05, 0.1) is 17.8 Å². The Kier molecular flexibility index (Phi) is 4.83. The highest BCUT2D eigenvalue weighted by Gasteiger charge is 2.29. The third kappa shape index (κ3) is 4.67. The number of hydrogen-bond donors (Lipinski definition) is 2. The number of amides is 1. The molecule has 3 nitrogen and oxygen atoms in total. The summed E-state index contributed by atoms with van der Waals surface area (Å²) < 4.78 is 63.5. The molecular formula is C15H11F5N2O. The van der Waals surface area contributed by atoms with Gasteiger partial charge in [0.2, 0.25) is 5.91 Å². The van der Waals surface area contributed by atoms with Crippen LogP contribution in [0.4, 0.5) is 33.3 Å². The molecule has 0 fully saturated rings. The van der Waals surface area contributed by atoms with E-state index in [9.17, 15) is 26.7 Å². The van der Waals surface area contributed by atoms with Crippen molar-refractivity contribution in [3.8, 4) is 0 Å². The molecule has 122 valence electrons. The fraction of sp³-hybridized carbons (Fsp3) is 0.133. The summed E-state index contributed by atoms with van der Waals surface area (Å²) in [7, 11) is 0. The van der Waals surface area contributed by atoms with E-state index in [0.29, 0.717) is 0 Å². The van der Waals surface area contributed by atoms with Gasteiger partial charge in [-0.1, -0.05) is 0 Å². The predicted octanol–water partition coefficient (Wildman–Crippen LogP) is 4.03. The molecule has 2 rings (SSSR count). The third-order valence-corrected chi connectivity index (χ3v) is 2.87. The highest BCUT2D eigenvalue weighted by molar-refractivity contribution is 5.93. The van der Waals surface area contributed by atoms with Crippen molar-refractivity contribution in [2.24, 2.45) is 0 Å². The lowest BCUT2D eigenvalue weighted by Gasteiger charge is -2.10. The van der Waals surface area contributed by atoms with E-state index in [1.165, 1.54) is 12.1 Å². The zero-order valence-corrected chi connectivity index (χ0v) is 11.5. The molecule has 0 saturated heterocycles. The molecule has 1 amide bonds. The highest BCUT2D eigenvalue weighted by Crippen LogP contribution is 2.29. The van der Waals surface area contributed by atoms with E-state index in [-0.39, 0.29) is 17.9 Å². The van der Waals surface area contributed by atoms with E-state index >= 15 is 0 Å². The Bertz CT molecular complexity index is 698. The standard InChI is InChI=1S/C15H11F5N2O/c16-10-3-6-12(17)13(7-10)22-14(23)8-21-11-4-1-9(2-5-11)15(18,19)20/h1-7,21H,8H2,(H,22,23). The molecule has 0 spiro atoms. The molecule has 0 aliphatic rings. The van der Waals surface area contributed by atoms with Crippen molar-refractivity contribution >= 4 is 17.3 Å². The number of carbonyl (C=O) groups excluding carboxylic acids is 1. The molecule has 0 radical (unpaired) electrons. The van der Waals surface area contributed by atoms with Crippen molar-refractivity contribution in [3.05, 3.63) is 59.7 Å². The summed E-state index contributed by atoms with van der Waals surface area (Å²) in [5.74, 6) is -2.18. The van der Waals surface area contributed by atoms with Gasteiger partial charge >= 0.3 is 6.18 Å². The summed E-state index contributed by atoms with van der Waals surface area (Å²) >= 11 is 0. The Morgan fingerprint density at radius 2 is 1.65 bits per heavy atom. The minimum atomic E-state index is -4.44. The number of nitrogens with one attached hydrogen (secondary N) is 2. The lowest BCUT2D eigenvalue weighted by molar-refractivity contribution is -0.137. The van der Waals surface area contributed by atoms with Gasteiger partial charge in [-0.05, 0) is 36.4 Å². The van der Waals surface area contributed by atoms with Crippen LogP contribution in [0.2, 0.25) is 0 Å². The summed E-state index contributed by atoms with van der Waals surface area (Å²) in [5.41, 5.74) is -0.841. The smallest absolute Gasteiger partial charge is 0.376 e. The van der Waals surface area contributed by atoms with Crippen LogP contribution in [0.25, 0.3) is 0 Å². The first kappa shape index (κ1) is 16.7. The van der Waals surface area contributed by atoms with Crippen molar-refractivity contribution in [1.29, 1.82) is 0 Å². The molecule has 0 aliphatic heterocycles. The van der Waals surface area contributed by atoms with E-state index in [1.54, 1.807) is 0 Å². The van der Waals surface area contributed by atoms with Crippen LogP contribution in [0.15, 0.2) is 42.5 Å². The Balaban J connectivity index is 1.93. The maximum atomic E-state index is 13.3. The zero-order chi connectivity index (χ0) is 17.0. The number of anilines is 2. The van der Waals surface area contributed by atoms with Gasteiger partial charge in [0.25, 0.3) is 0 Å². The second-order valence-electron chi connectivity index (χ2n) is 4.60. The summed E-state index contributed by atoms with van der Waals surface area (Å²) in [4.78, 5) is 11.6. The van der Waals surface area contributed by atoms with Gasteiger partial charge in [-0.3, -0.25) is 4.79 Å². The average Bonchev–Trinajstić information content (AvgIpc) is 2.48. The topological polar surface area (TPSA) is 41.1 Å². The summed E-state index contributed by atoms with van der Waals surface area (Å²) in [5, 5.41) is 4.74. The van der Waals surface area contributed by atoms with E-state index in [4.69, 9.17) is 0 Å². The number of halogens is 5. The minimum Gasteiger partial charge on any atom is -0.376 e. The van der Waals surface area contributed by atoms with E-state index in [0.717, 1.165) is 30.3 Å². The second-order valence-corrected chi connectivity index (χ2v) is 4.60. The van der Waals surface area contributed by atoms with E-state index in [1.807, 2.05) is 0 Å². The Morgan fingerprint density at radius 1 is 1.00 bits per heavy atom. The SMILES string of the molecule is O=C(CNc1ccc(C(F)(F)F)cc1)Nc1cc(F)ccc1F.